The zero-order valence-corrected chi connectivity index (χ0v) is 15.4. The smallest absolute Gasteiger partial charge is 0.229 e. The van der Waals surface area contributed by atoms with E-state index in [1.54, 1.807) is 39.0 Å². The first-order chi connectivity index (χ1) is 10.5. The molecule has 0 radical (unpaired) electrons. The Morgan fingerprint density at radius 2 is 1.91 bits per heavy atom. The van der Waals surface area contributed by atoms with Gasteiger partial charge in [0.05, 0.1) is 22.4 Å². The highest BCUT2D eigenvalue weighted by Crippen LogP contribution is 2.27. The molecule has 1 aliphatic heterocycles. The SMILES string of the molecule is CC(C)=NN([C@@H]1CCS(=O)(=O)C1)S(=O)(=O)c1ccc(C)cc1C. The van der Waals surface area contributed by atoms with Crippen LogP contribution in [0.1, 0.15) is 31.4 Å². The predicted molar refractivity (Wildman–Crippen MR) is 90.8 cm³/mol. The molecule has 1 aromatic rings. The summed E-state index contributed by atoms with van der Waals surface area (Å²) in [6.07, 6.45) is 0.267. The van der Waals surface area contributed by atoms with Gasteiger partial charge in [-0.25, -0.2) is 8.42 Å². The molecule has 1 saturated heterocycles. The van der Waals surface area contributed by atoms with E-state index >= 15 is 0 Å². The number of hydrazone groups is 1. The van der Waals surface area contributed by atoms with Crippen LogP contribution in [-0.2, 0) is 19.9 Å². The summed E-state index contributed by atoms with van der Waals surface area (Å²) in [5.41, 5.74) is 2.15. The first-order valence-corrected chi connectivity index (χ1v) is 10.6. The molecule has 2 rings (SSSR count). The summed E-state index contributed by atoms with van der Waals surface area (Å²) in [5.74, 6) is -0.192. The molecule has 6 nitrogen and oxygen atoms in total. The van der Waals surface area contributed by atoms with Crippen molar-refractivity contribution in [3.63, 3.8) is 0 Å². The zero-order chi connectivity index (χ0) is 17.4. The van der Waals surface area contributed by atoms with Gasteiger partial charge in [0.1, 0.15) is 0 Å². The van der Waals surface area contributed by atoms with E-state index in [1.165, 1.54) is 0 Å². The van der Waals surface area contributed by atoms with Crippen molar-refractivity contribution in [2.45, 2.75) is 45.1 Å². The average Bonchev–Trinajstić information content (AvgIpc) is 2.75. The number of sulfonamides is 1. The van der Waals surface area contributed by atoms with Crippen LogP contribution in [0.5, 0.6) is 0 Å². The van der Waals surface area contributed by atoms with Crippen LogP contribution in [0.2, 0.25) is 0 Å². The van der Waals surface area contributed by atoms with Gasteiger partial charge in [0.2, 0.25) is 0 Å². The molecule has 0 aromatic heterocycles. The van der Waals surface area contributed by atoms with Gasteiger partial charge in [-0.2, -0.15) is 17.9 Å². The van der Waals surface area contributed by atoms with Crippen molar-refractivity contribution in [1.29, 1.82) is 0 Å². The van der Waals surface area contributed by atoms with E-state index in [2.05, 4.69) is 5.10 Å². The standard InChI is InChI=1S/C15H22N2O4S2/c1-11(2)16-17(14-7-8-22(18,19)10-14)23(20,21)15-6-5-12(3)9-13(15)4/h5-6,9,14H,7-8,10H2,1-4H3/t14-/m1/s1. The number of rotatable bonds is 4. The van der Waals surface area contributed by atoms with Gasteiger partial charge in [-0.3, -0.25) is 0 Å². The van der Waals surface area contributed by atoms with Gasteiger partial charge in [-0.15, -0.1) is 0 Å². The third-order valence-corrected chi connectivity index (χ3v) is 7.31. The topological polar surface area (TPSA) is 83.9 Å². The summed E-state index contributed by atoms with van der Waals surface area (Å²) < 4.78 is 50.5. The predicted octanol–water partition coefficient (Wildman–Crippen LogP) is 1.88. The van der Waals surface area contributed by atoms with Crippen LogP contribution in [0.25, 0.3) is 0 Å². The van der Waals surface area contributed by atoms with Crippen molar-refractivity contribution in [1.82, 2.24) is 4.41 Å². The normalized spacial score (nSPS) is 20.3. The van der Waals surface area contributed by atoms with Crippen molar-refractivity contribution in [3.8, 4) is 0 Å². The summed E-state index contributed by atoms with van der Waals surface area (Å²) >= 11 is 0. The quantitative estimate of drug-likeness (QED) is 0.608. The monoisotopic (exact) mass is 358 g/mol. The molecule has 0 spiro atoms. The third-order valence-electron chi connectivity index (χ3n) is 3.67. The second-order valence-corrected chi connectivity index (χ2v) is 10.1. The lowest BCUT2D eigenvalue weighted by Crippen LogP contribution is -2.38. The molecule has 1 fully saturated rings. The molecule has 23 heavy (non-hydrogen) atoms. The summed E-state index contributed by atoms with van der Waals surface area (Å²) in [6, 6.07) is 4.42. The van der Waals surface area contributed by atoms with Gasteiger partial charge in [0.25, 0.3) is 10.0 Å². The highest BCUT2D eigenvalue weighted by molar-refractivity contribution is 7.92. The van der Waals surface area contributed by atoms with Gasteiger partial charge in [0.15, 0.2) is 9.84 Å². The molecule has 128 valence electrons. The number of hydrogen-bond acceptors (Lipinski definition) is 5. The Labute approximate surface area is 138 Å². The van der Waals surface area contributed by atoms with E-state index in [0.717, 1.165) is 9.98 Å². The van der Waals surface area contributed by atoms with Crippen LogP contribution in [0.3, 0.4) is 0 Å². The van der Waals surface area contributed by atoms with Crippen LogP contribution in [0.15, 0.2) is 28.2 Å². The highest BCUT2D eigenvalue weighted by Gasteiger charge is 2.38. The Kier molecular flexibility index (Phi) is 4.86. The zero-order valence-electron chi connectivity index (χ0n) is 13.8. The number of hydrogen-bond donors (Lipinski definition) is 0. The molecule has 1 heterocycles. The molecule has 0 saturated carbocycles. The van der Waals surface area contributed by atoms with E-state index in [9.17, 15) is 16.8 Å². The molecule has 0 bridgehead atoms. The lowest BCUT2D eigenvalue weighted by molar-refractivity contribution is 0.354. The molecular weight excluding hydrogens is 336 g/mol. The lowest BCUT2D eigenvalue weighted by atomic mass is 10.2. The van der Waals surface area contributed by atoms with Crippen molar-refractivity contribution in [2.24, 2.45) is 5.10 Å². The third kappa shape index (κ3) is 3.92. The second kappa shape index (κ2) is 6.24. The number of aryl methyl sites for hydroxylation is 2. The Morgan fingerprint density at radius 1 is 1.26 bits per heavy atom. The number of nitrogens with zero attached hydrogens (tertiary/aromatic N) is 2. The maximum absolute atomic E-state index is 13.0. The maximum atomic E-state index is 13.0. The second-order valence-electron chi connectivity index (χ2n) is 6.15. The van der Waals surface area contributed by atoms with E-state index < -0.39 is 25.9 Å². The molecule has 0 N–H and O–H groups in total. The van der Waals surface area contributed by atoms with E-state index in [0.29, 0.717) is 11.3 Å². The fourth-order valence-corrected chi connectivity index (χ4v) is 6.20. The van der Waals surface area contributed by atoms with Crippen LogP contribution in [0, 0.1) is 13.8 Å². The van der Waals surface area contributed by atoms with Gasteiger partial charge in [-0.05, 0) is 45.7 Å². The summed E-state index contributed by atoms with van der Waals surface area (Å²) in [4.78, 5) is 0.164. The first-order valence-electron chi connectivity index (χ1n) is 7.37. The molecular formula is C15H22N2O4S2. The van der Waals surface area contributed by atoms with Crippen molar-refractivity contribution < 1.29 is 16.8 Å². The molecule has 1 aliphatic rings. The van der Waals surface area contributed by atoms with Crippen LogP contribution >= 0.6 is 0 Å². The highest BCUT2D eigenvalue weighted by atomic mass is 32.2. The van der Waals surface area contributed by atoms with E-state index in [4.69, 9.17) is 0 Å². The van der Waals surface area contributed by atoms with Crippen molar-refractivity contribution >= 4 is 25.6 Å². The van der Waals surface area contributed by atoms with Gasteiger partial charge < -0.3 is 0 Å². The lowest BCUT2D eigenvalue weighted by Gasteiger charge is -2.25. The minimum absolute atomic E-state index is 0.00511. The average molecular weight is 358 g/mol. The Morgan fingerprint density at radius 3 is 2.39 bits per heavy atom. The number of sulfone groups is 1. The van der Waals surface area contributed by atoms with Crippen molar-refractivity contribution in [3.05, 3.63) is 29.3 Å². The maximum Gasteiger partial charge on any atom is 0.279 e. The fourth-order valence-electron chi connectivity index (χ4n) is 2.67. The van der Waals surface area contributed by atoms with E-state index in [-0.39, 0.29) is 22.8 Å². The summed E-state index contributed by atoms with van der Waals surface area (Å²) in [5, 5.41) is 4.13. The first kappa shape index (κ1) is 17.9. The Bertz CT molecular complexity index is 838. The molecule has 0 unspecified atom stereocenters. The fraction of sp³-hybridized carbons (Fsp3) is 0.533. The minimum atomic E-state index is -3.90. The molecule has 1 aromatic carbocycles. The summed E-state index contributed by atoms with van der Waals surface area (Å²) in [6.45, 7) is 6.99. The minimum Gasteiger partial charge on any atom is -0.229 e. The molecule has 8 heteroatoms. The van der Waals surface area contributed by atoms with Gasteiger partial charge >= 0.3 is 0 Å². The van der Waals surface area contributed by atoms with Gasteiger partial charge in [0, 0.05) is 5.71 Å². The summed E-state index contributed by atoms with van der Waals surface area (Å²) in [7, 11) is -7.11. The molecule has 1 atom stereocenters. The van der Waals surface area contributed by atoms with Crippen LogP contribution < -0.4 is 0 Å². The van der Waals surface area contributed by atoms with Crippen LogP contribution in [-0.4, -0.2) is 44.5 Å². The Balaban J connectivity index is 2.52. The van der Waals surface area contributed by atoms with Crippen LogP contribution in [0.4, 0.5) is 0 Å². The Hall–Kier alpha value is -1.41. The van der Waals surface area contributed by atoms with Gasteiger partial charge in [-0.1, -0.05) is 17.7 Å². The molecule has 0 amide bonds. The van der Waals surface area contributed by atoms with E-state index in [1.807, 2.05) is 6.92 Å². The number of benzene rings is 1. The molecule has 0 aliphatic carbocycles. The van der Waals surface area contributed by atoms with Crippen molar-refractivity contribution in [2.75, 3.05) is 11.5 Å². The largest absolute Gasteiger partial charge is 0.279 e.